The number of benzene rings is 1. The molecule has 0 atom stereocenters. The van der Waals surface area contributed by atoms with Crippen molar-refractivity contribution in [1.82, 2.24) is 10.2 Å². The summed E-state index contributed by atoms with van der Waals surface area (Å²) in [5, 5.41) is 8.50. The lowest BCUT2D eigenvalue weighted by Crippen LogP contribution is -2.19. The first-order valence-electron chi connectivity index (χ1n) is 6.48. The molecule has 1 fully saturated rings. The molecule has 2 heterocycles. The normalized spacial score (nSPS) is 16.9. The highest BCUT2D eigenvalue weighted by atomic mass is 79.9. The van der Waals surface area contributed by atoms with Gasteiger partial charge in [-0.05, 0) is 37.3 Å². The number of H-pyrrole nitrogens is 1. The van der Waals surface area contributed by atoms with Crippen molar-refractivity contribution in [1.29, 1.82) is 0 Å². The average molecular weight is 323 g/mol. The first kappa shape index (κ1) is 12.8. The molecule has 0 aliphatic carbocycles. The summed E-state index contributed by atoms with van der Waals surface area (Å²) in [6.07, 6.45) is 3.04. The molecule has 3 rings (SSSR count). The molecule has 1 aromatic carbocycles. The highest BCUT2D eigenvalue weighted by Crippen LogP contribution is 2.24. The lowest BCUT2D eigenvalue weighted by Gasteiger charge is -2.21. The quantitative estimate of drug-likeness (QED) is 0.924. The molecular weight excluding hydrogens is 308 g/mol. The zero-order valence-electron chi connectivity index (χ0n) is 10.5. The minimum Gasteiger partial charge on any atom is -0.381 e. The average Bonchev–Trinajstić information content (AvgIpc) is 2.43. The van der Waals surface area contributed by atoms with Crippen LogP contribution in [0.25, 0.3) is 10.8 Å². The van der Waals surface area contributed by atoms with Gasteiger partial charge in [0.25, 0.3) is 5.56 Å². The maximum atomic E-state index is 11.8. The fourth-order valence-electron chi connectivity index (χ4n) is 2.57. The molecule has 0 saturated carbocycles. The van der Waals surface area contributed by atoms with Gasteiger partial charge in [-0.1, -0.05) is 22.0 Å². The van der Waals surface area contributed by atoms with Crippen LogP contribution in [0, 0.1) is 5.92 Å². The van der Waals surface area contributed by atoms with Gasteiger partial charge in [-0.3, -0.25) is 4.79 Å². The minimum absolute atomic E-state index is 0.132. The third kappa shape index (κ3) is 2.72. The van der Waals surface area contributed by atoms with Crippen molar-refractivity contribution in [2.24, 2.45) is 5.92 Å². The largest absolute Gasteiger partial charge is 0.381 e. The summed E-state index contributed by atoms with van der Waals surface area (Å²) in [4.78, 5) is 11.8. The molecule has 1 aromatic heterocycles. The van der Waals surface area contributed by atoms with Gasteiger partial charge in [-0.25, -0.2) is 5.10 Å². The Morgan fingerprint density at radius 2 is 2.11 bits per heavy atom. The Morgan fingerprint density at radius 1 is 1.32 bits per heavy atom. The van der Waals surface area contributed by atoms with Gasteiger partial charge < -0.3 is 4.74 Å². The Labute approximate surface area is 119 Å². The van der Waals surface area contributed by atoms with Crippen molar-refractivity contribution in [3.05, 3.63) is 38.7 Å². The fraction of sp³-hybridized carbons (Fsp3) is 0.429. The van der Waals surface area contributed by atoms with Gasteiger partial charge in [0.2, 0.25) is 0 Å². The van der Waals surface area contributed by atoms with E-state index < -0.39 is 0 Å². The van der Waals surface area contributed by atoms with E-state index in [0.29, 0.717) is 11.3 Å². The number of aromatic amines is 1. The van der Waals surface area contributed by atoms with Gasteiger partial charge in [0.1, 0.15) is 0 Å². The smallest absolute Gasteiger partial charge is 0.272 e. The van der Waals surface area contributed by atoms with Crippen LogP contribution in [0.2, 0.25) is 0 Å². The number of halogens is 1. The molecular formula is C14H15BrN2O2. The Bertz CT molecular complexity index is 647. The lowest BCUT2D eigenvalue weighted by atomic mass is 9.93. The van der Waals surface area contributed by atoms with Gasteiger partial charge in [0.05, 0.1) is 11.1 Å². The van der Waals surface area contributed by atoms with E-state index in [2.05, 4.69) is 26.1 Å². The summed E-state index contributed by atoms with van der Waals surface area (Å²) in [5.41, 5.74) is 0.848. The SMILES string of the molecule is O=c1[nH]nc(CC2CCOCC2)c2ccc(Br)cc12. The van der Waals surface area contributed by atoms with Crippen LogP contribution in [0.1, 0.15) is 18.5 Å². The van der Waals surface area contributed by atoms with Crippen molar-refractivity contribution in [3.8, 4) is 0 Å². The molecule has 0 bridgehead atoms. The Morgan fingerprint density at radius 3 is 2.89 bits per heavy atom. The molecule has 0 spiro atoms. The zero-order valence-corrected chi connectivity index (χ0v) is 12.1. The zero-order chi connectivity index (χ0) is 13.2. The third-order valence-corrected chi connectivity index (χ3v) is 4.15. The van der Waals surface area contributed by atoms with Crippen LogP contribution in [0.4, 0.5) is 0 Å². The summed E-state index contributed by atoms with van der Waals surface area (Å²) in [6.45, 7) is 1.66. The van der Waals surface area contributed by atoms with E-state index in [-0.39, 0.29) is 5.56 Å². The fourth-order valence-corrected chi connectivity index (χ4v) is 2.94. The number of nitrogens with one attached hydrogen (secondary N) is 1. The predicted octanol–water partition coefficient (Wildman–Crippen LogP) is 2.65. The monoisotopic (exact) mass is 322 g/mol. The molecule has 2 aromatic rings. The summed E-state index contributed by atoms with van der Waals surface area (Å²) >= 11 is 3.40. The molecule has 0 unspecified atom stereocenters. The van der Waals surface area contributed by atoms with Crippen LogP contribution in [0.3, 0.4) is 0 Å². The molecule has 5 heteroatoms. The number of hydrogen-bond acceptors (Lipinski definition) is 3. The van der Waals surface area contributed by atoms with Crippen LogP contribution < -0.4 is 5.56 Å². The summed E-state index contributed by atoms with van der Waals surface area (Å²) in [7, 11) is 0. The van der Waals surface area contributed by atoms with Gasteiger partial charge in [-0.2, -0.15) is 5.10 Å². The molecule has 1 aliphatic rings. The maximum Gasteiger partial charge on any atom is 0.272 e. The Kier molecular flexibility index (Phi) is 3.66. The Hall–Kier alpha value is -1.20. The first-order chi connectivity index (χ1) is 9.24. The van der Waals surface area contributed by atoms with Crippen LogP contribution >= 0.6 is 15.9 Å². The second-order valence-electron chi connectivity index (χ2n) is 4.95. The van der Waals surface area contributed by atoms with Crippen LogP contribution in [0.15, 0.2) is 27.5 Å². The lowest BCUT2D eigenvalue weighted by molar-refractivity contribution is 0.0663. The van der Waals surface area contributed by atoms with Crippen molar-refractivity contribution >= 4 is 26.7 Å². The van der Waals surface area contributed by atoms with Crippen molar-refractivity contribution in [2.45, 2.75) is 19.3 Å². The van der Waals surface area contributed by atoms with Gasteiger partial charge >= 0.3 is 0 Å². The highest BCUT2D eigenvalue weighted by molar-refractivity contribution is 9.10. The number of hydrogen-bond donors (Lipinski definition) is 1. The number of rotatable bonds is 2. The molecule has 1 aliphatic heterocycles. The molecule has 100 valence electrons. The molecule has 19 heavy (non-hydrogen) atoms. The minimum atomic E-state index is -0.132. The Balaban J connectivity index is 1.99. The number of aromatic nitrogens is 2. The second-order valence-corrected chi connectivity index (χ2v) is 5.86. The van der Waals surface area contributed by atoms with Gasteiger partial charge in [0.15, 0.2) is 0 Å². The van der Waals surface area contributed by atoms with Crippen molar-refractivity contribution in [3.63, 3.8) is 0 Å². The molecule has 1 N–H and O–H groups in total. The molecule has 0 radical (unpaired) electrons. The molecule has 0 amide bonds. The third-order valence-electron chi connectivity index (χ3n) is 3.65. The first-order valence-corrected chi connectivity index (χ1v) is 7.28. The number of ether oxygens (including phenoxy) is 1. The van der Waals surface area contributed by atoms with Crippen LogP contribution in [-0.2, 0) is 11.2 Å². The van der Waals surface area contributed by atoms with Crippen LogP contribution in [-0.4, -0.2) is 23.4 Å². The summed E-state index contributed by atoms with van der Waals surface area (Å²) in [5.74, 6) is 0.596. The van der Waals surface area contributed by atoms with E-state index in [4.69, 9.17) is 4.74 Å². The summed E-state index contributed by atoms with van der Waals surface area (Å²) in [6, 6.07) is 5.77. The molecule has 4 nitrogen and oxygen atoms in total. The van der Waals surface area contributed by atoms with E-state index in [9.17, 15) is 4.79 Å². The number of fused-ring (bicyclic) bond motifs is 1. The topological polar surface area (TPSA) is 55.0 Å². The summed E-state index contributed by atoms with van der Waals surface area (Å²) < 4.78 is 6.29. The van der Waals surface area contributed by atoms with E-state index in [1.807, 2.05) is 18.2 Å². The van der Waals surface area contributed by atoms with E-state index in [0.717, 1.165) is 48.0 Å². The van der Waals surface area contributed by atoms with E-state index in [1.165, 1.54) is 0 Å². The molecule has 1 saturated heterocycles. The maximum absolute atomic E-state index is 11.8. The van der Waals surface area contributed by atoms with Gasteiger partial charge in [-0.15, -0.1) is 0 Å². The number of nitrogens with zero attached hydrogens (tertiary/aromatic N) is 1. The van der Waals surface area contributed by atoms with Crippen molar-refractivity contribution < 1.29 is 4.74 Å². The second kappa shape index (κ2) is 5.43. The standard InChI is InChI=1S/C14H15BrN2O2/c15-10-1-2-11-12(8-10)14(18)17-16-13(11)7-9-3-5-19-6-4-9/h1-2,8-9H,3-7H2,(H,17,18). The van der Waals surface area contributed by atoms with Gasteiger partial charge in [0, 0.05) is 23.1 Å². The highest BCUT2D eigenvalue weighted by Gasteiger charge is 2.17. The van der Waals surface area contributed by atoms with Crippen molar-refractivity contribution in [2.75, 3.05) is 13.2 Å². The van der Waals surface area contributed by atoms with E-state index >= 15 is 0 Å². The van der Waals surface area contributed by atoms with E-state index in [1.54, 1.807) is 0 Å². The van der Waals surface area contributed by atoms with Crippen LogP contribution in [0.5, 0.6) is 0 Å². The predicted molar refractivity (Wildman–Crippen MR) is 77.3 cm³/mol.